The highest BCUT2D eigenvalue weighted by molar-refractivity contribution is 6.28. The summed E-state index contributed by atoms with van der Waals surface area (Å²) in [4.78, 5) is 10.3. The standard InChI is InChI=1S/C28H23ClO3/c1-21(30)32-27-18-14-25(15-19-27)28(29,23-10-6-3-7-11-23)24-12-16-26(17-13-24)31-20-22-8-4-2-5-9-22/h2-19H,20H2,1H3. The Balaban J connectivity index is 1.64. The van der Waals surface area contributed by atoms with E-state index in [4.69, 9.17) is 21.1 Å². The highest BCUT2D eigenvalue weighted by atomic mass is 35.5. The van der Waals surface area contributed by atoms with Crippen molar-refractivity contribution in [1.29, 1.82) is 0 Å². The van der Waals surface area contributed by atoms with Crippen LogP contribution < -0.4 is 9.47 Å². The molecule has 1 unspecified atom stereocenters. The van der Waals surface area contributed by atoms with E-state index in [2.05, 4.69) is 0 Å². The summed E-state index contributed by atoms with van der Waals surface area (Å²) >= 11 is 7.35. The Hall–Kier alpha value is -3.56. The molecule has 0 amide bonds. The van der Waals surface area contributed by atoms with Crippen LogP contribution in [0.15, 0.2) is 109 Å². The minimum atomic E-state index is -0.909. The van der Waals surface area contributed by atoms with Gasteiger partial charge in [-0.3, -0.25) is 4.79 Å². The van der Waals surface area contributed by atoms with Gasteiger partial charge >= 0.3 is 5.97 Å². The molecule has 0 N–H and O–H groups in total. The zero-order chi connectivity index (χ0) is 22.4. The third kappa shape index (κ3) is 4.84. The summed E-state index contributed by atoms with van der Waals surface area (Å²) in [6.45, 7) is 1.88. The second kappa shape index (κ2) is 9.71. The zero-order valence-electron chi connectivity index (χ0n) is 17.7. The molecule has 32 heavy (non-hydrogen) atoms. The van der Waals surface area contributed by atoms with Crippen LogP contribution in [0.4, 0.5) is 0 Å². The predicted octanol–water partition coefficient (Wildman–Crippen LogP) is 6.72. The van der Waals surface area contributed by atoms with E-state index in [0.29, 0.717) is 12.4 Å². The van der Waals surface area contributed by atoms with Crippen LogP contribution in [0.5, 0.6) is 11.5 Å². The van der Waals surface area contributed by atoms with Crippen LogP contribution >= 0.6 is 11.6 Å². The van der Waals surface area contributed by atoms with Crippen LogP contribution in [0.25, 0.3) is 0 Å². The van der Waals surface area contributed by atoms with Crippen molar-refractivity contribution in [2.75, 3.05) is 0 Å². The van der Waals surface area contributed by atoms with Gasteiger partial charge < -0.3 is 9.47 Å². The van der Waals surface area contributed by atoms with E-state index < -0.39 is 4.87 Å². The van der Waals surface area contributed by atoms with E-state index in [-0.39, 0.29) is 5.97 Å². The lowest BCUT2D eigenvalue weighted by atomic mass is 9.84. The molecule has 0 bridgehead atoms. The lowest BCUT2D eigenvalue weighted by Crippen LogP contribution is -2.22. The number of benzene rings is 4. The van der Waals surface area contributed by atoms with E-state index in [9.17, 15) is 4.79 Å². The Morgan fingerprint density at radius 1 is 0.688 bits per heavy atom. The van der Waals surface area contributed by atoms with Crippen molar-refractivity contribution in [2.24, 2.45) is 0 Å². The molecule has 4 aromatic carbocycles. The first-order chi connectivity index (χ1) is 15.6. The van der Waals surface area contributed by atoms with Gasteiger partial charge in [-0.1, -0.05) is 84.9 Å². The molecule has 4 heteroatoms. The molecule has 1 atom stereocenters. The average molecular weight is 443 g/mol. The summed E-state index contributed by atoms with van der Waals surface area (Å²) in [6, 6.07) is 35.1. The van der Waals surface area contributed by atoms with Crippen LogP contribution in [0.3, 0.4) is 0 Å². The highest BCUT2D eigenvalue weighted by Crippen LogP contribution is 2.43. The van der Waals surface area contributed by atoms with Gasteiger partial charge in [0.05, 0.1) is 0 Å². The first-order valence-electron chi connectivity index (χ1n) is 10.4. The maximum Gasteiger partial charge on any atom is 0.308 e. The van der Waals surface area contributed by atoms with Crippen LogP contribution in [-0.2, 0) is 16.3 Å². The number of ether oxygens (including phenoxy) is 2. The second-order valence-corrected chi connectivity index (χ2v) is 8.01. The number of hydrogen-bond donors (Lipinski definition) is 0. The highest BCUT2D eigenvalue weighted by Gasteiger charge is 2.34. The predicted molar refractivity (Wildman–Crippen MR) is 127 cm³/mol. The maximum atomic E-state index is 11.3. The van der Waals surface area contributed by atoms with Gasteiger partial charge in [-0.15, -0.1) is 11.6 Å². The number of hydrogen-bond acceptors (Lipinski definition) is 3. The van der Waals surface area contributed by atoms with Gasteiger partial charge in [-0.2, -0.15) is 0 Å². The number of carbonyl (C=O) groups excluding carboxylic acids is 1. The lowest BCUT2D eigenvalue weighted by molar-refractivity contribution is -0.131. The van der Waals surface area contributed by atoms with Gasteiger partial charge in [-0.25, -0.2) is 0 Å². The molecule has 3 nitrogen and oxygen atoms in total. The molecule has 0 aliphatic carbocycles. The summed E-state index contributed by atoms with van der Waals surface area (Å²) in [5.74, 6) is 0.900. The molecule has 4 rings (SSSR count). The quantitative estimate of drug-likeness (QED) is 0.138. The minimum Gasteiger partial charge on any atom is -0.489 e. The monoisotopic (exact) mass is 442 g/mol. The van der Waals surface area contributed by atoms with E-state index in [1.807, 2.05) is 97.1 Å². The van der Waals surface area contributed by atoms with Crippen molar-refractivity contribution in [2.45, 2.75) is 18.4 Å². The largest absolute Gasteiger partial charge is 0.489 e. The van der Waals surface area contributed by atoms with Crippen LogP contribution in [0.1, 0.15) is 29.2 Å². The Morgan fingerprint density at radius 3 is 1.69 bits per heavy atom. The SMILES string of the molecule is CC(=O)Oc1ccc(C(Cl)(c2ccccc2)c2ccc(OCc3ccccc3)cc2)cc1. The smallest absolute Gasteiger partial charge is 0.308 e. The Bertz CT molecular complexity index is 1160. The molecule has 0 saturated heterocycles. The first kappa shape index (κ1) is 21.7. The molecule has 0 aliphatic heterocycles. The van der Waals surface area contributed by atoms with Gasteiger partial charge in [-0.05, 0) is 46.5 Å². The molecule has 0 aliphatic rings. The topological polar surface area (TPSA) is 35.5 Å². The van der Waals surface area contributed by atoms with Crippen molar-refractivity contribution in [1.82, 2.24) is 0 Å². The molecule has 0 heterocycles. The number of rotatable bonds is 7. The third-order valence-electron chi connectivity index (χ3n) is 5.19. The van der Waals surface area contributed by atoms with E-state index >= 15 is 0 Å². The zero-order valence-corrected chi connectivity index (χ0v) is 18.5. The molecular weight excluding hydrogens is 420 g/mol. The Kier molecular flexibility index (Phi) is 6.58. The van der Waals surface area contributed by atoms with E-state index in [1.165, 1.54) is 6.92 Å². The fraction of sp³-hybridized carbons (Fsp3) is 0.107. The van der Waals surface area contributed by atoms with E-state index in [1.54, 1.807) is 12.1 Å². The summed E-state index contributed by atoms with van der Waals surface area (Å²) in [5.41, 5.74) is 3.84. The summed E-state index contributed by atoms with van der Waals surface area (Å²) in [6.07, 6.45) is 0. The van der Waals surface area contributed by atoms with Crippen molar-refractivity contribution >= 4 is 17.6 Å². The second-order valence-electron chi connectivity index (χ2n) is 7.44. The van der Waals surface area contributed by atoms with E-state index in [0.717, 1.165) is 28.0 Å². The summed E-state index contributed by atoms with van der Waals surface area (Å²) in [5, 5.41) is 0. The fourth-order valence-corrected chi connectivity index (χ4v) is 3.99. The lowest BCUT2D eigenvalue weighted by Gasteiger charge is -2.29. The van der Waals surface area contributed by atoms with Crippen molar-refractivity contribution in [3.8, 4) is 11.5 Å². The van der Waals surface area contributed by atoms with Crippen molar-refractivity contribution in [3.63, 3.8) is 0 Å². The minimum absolute atomic E-state index is 0.357. The van der Waals surface area contributed by atoms with Crippen molar-refractivity contribution in [3.05, 3.63) is 131 Å². The number of carbonyl (C=O) groups is 1. The van der Waals surface area contributed by atoms with Crippen LogP contribution in [0.2, 0.25) is 0 Å². The molecule has 0 saturated carbocycles. The summed E-state index contributed by atoms with van der Waals surface area (Å²) in [7, 11) is 0. The molecule has 4 aromatic rings. The maximum absolute atomic E-state index is 11.3. The van der Waals surface area contributed by atoms with Gasteiger partial charge in [0, 0.05) is 6.92 Å². The fourth-order valence-electron chi connectivity index (χ4n) is 3.61. The van der Waals surface area contributed by atoms with Gasteiger partial charge in [0.2, 0.25) is 0 Å². The van der Waals surface area contributed by atoms with Gasteiger partial charge in [0.25, 0.3) is 0 Å². The normalized spacial score (nSPS) is 12.6. The molecule has 0 aromatic heterocycles. The number of halogens is 1. The molecule has 0 spiro atoms. The third-order valence-corrected chi connectivity index (χ3v) is 5.84. The summed E-state index contributed by atoms with van der Waals surface area (Å²) < 4.78 is 11.1. The van der Waals surface area contributed by atoms with Crippen molar-refractivity contribution < 1.29 is 14.3 Å². The van der Waals surface area contributed by atoms with Gasteiger partial charge in [0.1, 0.15) is 23.0 Å². The number of alkyl halides is 1. The van der Waals surface area contributed by atoms with Gasteiger partial charge in [0.15, 0.2) is 0 Å². The molecular formula is C28H23ClO3. The molecule has 160 valence electrons. The average Bonchev–Trinajstić information content (AvgIpc) is 2.84. The number of esters is 1. The molecule has 0 radical (unpaired) electrons. The Labute approximate surface area is 193 Å². The van der Waals surface area contributed by atoms with Crippen LogP contribution in [-0.4, -0.2) is 5.97 Å². The van der Waals surface area contributed by atoms with Crippen LogP contribution in [0, 0.1) is 0 Å². The first-order valence-corrected chi connectivity index (χ1v) is 10.7. The molecule has 0 fully saturated rings. The Morgan fingerprint density at radius 2 is 1.16 bits per heavy atom.